The zero-order valence-electron chi connectivity index (χ0n) is 16.8. The van der Waals surface area contributed by atoms with Crippen molar-refractivity contribution in [3.63, 3.8) is 0 Å². The highest BCUT2D eigenvalue weighted by atomic mass is 35.5. The summed E-state index contributed by atoms with van der Waals surface area (Å²) in [6, 6.07) is 22.2. The second-order valence-electron chi connectivity index (χ2n) is 7.28. The van der Waals surface area contributed by atoms with E-state index in [1.165, 1.54) is 0 Å². The minimum atomic E-state index is -0.119. The first-order valence-electron chi connectivity index (χ1n) is 9.83. The number of hydrogen-bond donors (Lipinski definition) is 0. The van der Waals surface area contributed by atoms with Crippen LogP contribution >= 0.6 is 34.8 Å². The van der Waals surface area contributed by atoms with E-state index in [9.17, 15) is 9.59 Å². The van der Waals surface area contributed by atoms with Crippen LogP contribution in [0.2, 0.25) is 15.1 Å². The molecule has 4 nitrogen and oxygen atoms in total. The topological polar surface area (TPSA) is 60.4 Å². The Morgan fingerprint density at radius 3 is 1.27 bits per heavy atom. The Labute approximate surface area is 201 Å². The van der Waals surface area contributed by atoms with Crippen molar-refractivity contribution in [1.29, 1.82) is 0 Å². The molecule has 7 heteroatoms. The first-order chi connectivity index (χ1) is 15.9. The number of benzene rings is 4. The number of para-hydroxylation sites is 1. The van der Waals surface area contributed by atoms with Crippen LogP contribution in [0.1, 0.15) is 0 Å². The molecule has 0 aliphatic rings. The van der Waals surface area contributed by atoms with E-state index in [0.717, 1.165) is 0 Å². The van der Waals surface area contributed by atoms with Crippen LogP contribution in [0.4, 0.5) is 0 Å². The van der Waals surface area contributed by atoms with Gasteiger partial charge in [-0.1, -0.05) is 46.9 Å². The van der Waals surface area contributed by atoms with E-state index in [1.807, 2.05) is 12.1 Å². The zero-order valence-corrected chi connectivity index (χ0v) is 19.0. The summed E-state index contributed by atoms with van der Waals surface area (Å²) in [7, 11) is 0. The van der Waals surface area contributed by atoms with Gasteiger partial charge in [0, 0.05) is 15.1 Å². The maximum atomic E-state index is 12.2. The van der Waals surface area contributed by atoms with Gasteiger partial charge in [0.1, 0.15) is 22.3 Å². The quantitative estimate of drug-likeness (QED) is 0.201. The lowest BCUT2D eigenvalue weighted by atomic mass is 10.1. The summed E-state index contributed by atoms with van der Waals surface area (Å²) in [6.45, 7) is 0. The first kappa shape index (κ1) is 21.5. The molecule has 0 atom stereocenters. The normalized spacial score (nSPS) is 11.1. The number of hydrogen-bond acceptors (Lipinski definition) is 4. The number of rotatable bonds is 0. The summed E-state index contributed by atoms with van der Waals surface area (Å²) < 4.78 is 11.2. The van der Waals surface area contributed by atoms with Gasteiger partial charge in [-0.3, -0.25) is 9.59 Å². The molecular formula is C26H13Cl3O4. The zero-order chi connectivity index (χ0) is 23.1. The van der Waals surface area contributed by atoms with Crippen molar-refractivity contribution in [1.82, 2.24) is 0 Å². The molecule has 0 fully saturated rings. The summed E-state index contributed by atoms with van der Waals surface area (Å²) >= 11 is 17.6. The summed E-state index contributed by atoms with van der Waals surface area (Å²) in [4.78, 5) is 24.3. The predicted octanol–water partition coefficient (Wildman–Crippen LogP) is 7.85. The molecule has 0 N–H and O–H groups in total. The van der Waals surface area contributed by atoms with E-state index >= 15 is 0 Å². The SMILES string of the molecule is O=c1c2cc(Cl)ccc2oc2ccc(Cl)cc12.O=c1c2ccccc2oc2ccc(Cl)cc12. The standard InChI is InChI=1S/C13H6Cl2O2.C13H7ClO2/c14-7-1-3-11-9(5-7)13(16)10-6-8(15)2-4-12(10)17-11;14-8-5-6-12-10(7-8)13(15)9-3-1-2-4-11(9)16-12/h1-6H;1-7H. The minimum absolute atomic E-state index is 0.0423. The Kier molecular flexibility index (Phi) is 5.59. The highest BCUT2D eigenvalue weighted by Crippen LogP contribution is 2.24. The van der Waals surface area contributed by atoms with Crippen LogP contribution in [0.5, 0.6) is 0 Å². The lowest BCUT2D eigenvalue weighted by Crippen LogP contribution is -2.01. The number of halogens is 3. The second-order valence-corrected chi connectivity index (χ2v) is 8.59. The minimum Gasteiger partial charge on any atom is -0.456 e. The molecule has 0 unspecified atom stereocenters. The first-order valence-corrected chi connectivity index (χ1v) is 11.0. The summed E-state index contributed by atoms with van der Waals surface area (Å²) in [5, 5.41) is 3.58. The molecule has 33 heavy (non-hydrogen) atoms. The van der Waals surface area contributed by atoms with Crippen molar-refractivity contribution in [3.8, 4) is 0 Å². The Hall–Kier alpha value is -3.31. The second kappa shape index (κ2) is 8.56. The van der Waals surface area contributed by atoms with Crippen molar-refractivity contribution in [3.05, 3.63) is 114 Å². The van der Waals surface area contributed by atoms with Crippen LogP contribution in [0.15, 0.2) is 97.3 Å². The van der Waals surface area contributed by atoms with Crippen LogP contribution in [0.25, 0.3) is 43.9 Å². The molecule has 162 valence electrons. The molecule has 0 saturated carbocycles. The third-order valence-electron chi connectivity index (χ3n) is 5.13. The largest absolute Gasteiger partial charge is 0.456 e. The maximum absolute atomic E-state index is 12.2. The van der Waals surface area contributed by atoms with E-state index in [-0.39, 0.29) is 10.9 Å². The molecule has 0 bridgehead atoms. The van der Waals surface area contributed by atoms with Crippen molar-refractivity contribution in [2.24, 2.45) is 0 Å². The van der Waals surface area contributed by atoms with E-state index in [1.54, 1.807) is 66.7 Å². The van der Waals surface area contributed by atoms with Gasteiger partial charge >= 0.3 is 0 Å². The average Bonchev–Trinajstić information content (AvgIpc) is 2.81. The van der Waals surface area contributed by atoms with Gasteiger partial charge in [0.25, 0.3) is 0 Å². The van der Waals surface area contributed by atoms with Crippen LogP contribution in [-0.4, -0.2) is 0 Å². The summed E-state index contributed by atoms with van der Waals surface area (Å²) in [6.07, 6.45) is 0. The van der Waals surface area contributed by atoms with Gasteiger partial charge in [0.05, 0.1) is 21.5 Å². The fourth-order valence-corrected chi connectivity index (χ4v) is 4.09. The van der Waals surface area contributed by atoms with E-state index in [2.05, 4.69) is 0 Å². The molecule has 4 aromatic carbocycles. The van der Waals surface area contributed by atoms with Gasteiger partial charge in [-0.2, -0.15) is 0 Å². The molecule has 0 spiro atoms. The van der Waals surface area contributed by atoms with E-state index in [4.69, 9.17) is 43.6 Å². The van der Waals surface area contributed by atoms with Crippen molar-refractivity contribution in [2.75, 3.05) is 0 Å². The Morgan fingerprint density at radius 1 is 0.455 bits per heavy atom. The van der Waals surface area contributed by atoms with Gasteiger partial charge in [-0.05, 0) is 66.7 Å². The third-order valence-corrected chi connectivity index (χ3v) is 5.84. The number of fused-ring (bicyclic) bond motifs is 4. The maximum Gasteiger partial charge on any atom is 0.200 e. The van der Waals surface area contributed by atoms with Gasteiger partial charge in [-0.25, -0.2) is 0 Å². The molecule has 0 aliphatic heterocycles. The van der Waals surface area contributed by atoms with Crippen molar-refractivity contribution < 1.29 is 8.83 Å². The molecule has 0 radical (unpaired) electrons. The monoisotopic (exact) mass is 494 g/mol. The fourth-order valence-electron chi connectivity index (χ4n) is 3.58. The smallest absolute Gasteiger partial charge is 0.200 e. The Morgan fingerprint density at radius 2 is 0.818 bits per heavy atom. The van der Waals surface area contributed by atoms with Gasteiger partial charge < -0.3 is 8.83 Å². The van der Waals surface area contributed by atoms with Crippen LogP contribution in [0.3, 0.4) is 0 Å². The van der Waals surface area contributed by atoms with Crippen molar-refractivity contribution in [2.45, 2.75) is 0 Å². The Bertz CT molecular complexity index is 1740. The van der Waals surface area contributed by atoms with Crippen LogP contribution in [-0.2, 0) is 0 Å². The van der Waals surface area contributed by atoms with Gasteiger partial charge in [0.15, 0.2) is 0 Å². The summed E-state index contributed by atoms with van der Waals surface area (Å²) in [5.74, 6) is 0. The molecule has 6 aromatic rings. The highest BCUT2D eigenvalue weighted by molar-refractivity contribution is 6.32. The molecule has 0 saturated heterocycles. The Balaban J connectivity index is 0.000000139. The average molecular weight is 496 g/mol. The molecule has 0 aliphatic carbocycles. The molecule has 6 rings (SSSR count). The third kappa shape index (κ3) is 4.09. The van der Waals surface area contributed by atoms with Gasteiger partial charge in [-0.15, -0.1) is 0 Å². The summed E-state index contributed by atoms with van der Waals surface area (Å²) in [5.41, 5.74) is 2.05. The van der Waals surface area contributed by atoms with Crippen LogP contribution < -0.4 is 10.9 Å². The van der Waals surface area contributed by atoms with E-state index in [0.29, 0.717) is 58.9 Å². The predicted molar refractivity (Wildman–Crippen MR) is 135 cm³/mol. The van der Waals surface area contributed by atoms with Crippen molar-refractivity contribution >= 4 is 78.7 Å². The molecule has 2 aromatic heterocycles. The lowest BCUT2D eigenvalue weighted by molar-refractivity contribution is 0.659. The fraction of sp³-hybridized carbons (Fsp3) is 0. The van der Waals surface area contributed by atoms with Crippen LogP contribution in [0, 0.1) is 0 Å². The molecular weight excluding hydrogens is 483 g/mol. The molecule has 2 heterocycles. The van der Waals surface area contributed by atoms with E-state index < -0.39 is 0 Å². The highest BCUT2D eigenvalue weighted by Gasteiger charge is 2.09. The molecule has 0 amide bonds. The van der Waals surface area contributed by atoms with Gasteiger partial charge in [0.2, 0.25) is 10.9 Å². The lowest BCUT2D eigenvalue weighted by Gasteiger charge is -2.01.